The van der Waals surface area contributed by atoms with Crippen LogP contribution in [0.15, 0.2) is 55.0 Å². The highest BCUT2D eigenvalue weighted by atomic mass is 16.1. The molecule has 3 aromatic rings. The van der Waals surface area contributed by atoms with E-state index in [-0.39, 0.29) is 5.78 Å². The van der Waals surface area contributed by atoms with Gasteiger partial charge in [0.2, 0.25) is 0 Å². The number of hydrogen-bond acceptors (Lipinski definition) is 3. The zero-order chi connectivity index (χ0) is 13.2. The quantitative estimate of drug-likeness (QED) is 0.654. The minimum absolute atomic E-state index is 0.0221. The van der Waals surface area contributed by atoms with E-state index in [9.17, 15) is 4.79 Å². The monoisotopic (exact) mass is 248 g/mol. The molecule has 3 nitrogen and oxygen atoms in total. The molecule has 19 heavy (non-hydrogen) atoms. The van der Waals surface area contributed by atoms with E-state index in [2.05, 4.69) is 9.97 Å². The highest BCUT2D eigenvalue weighted by molar-refractivity contribution is 6.16. The minimum atomic E-state index is -0.0221. The lowest BCUT2D eigenvalue weighted by Crippen LogP contribution is -2.03. The molecule has 0 spiro atoms. The van der Waals surface area contributed by atoms with Crippen molar-refractivity contribution in [3.63, 3.8) is 0 Å². The molecular weight excluding hydrogens is 236 g/mol. The molecule has 3 rings (SSSR count). The average Bonchev–Trinajstić information content (AvgIpc) is 2.47. The number of ketones is 1. The topological polar surface area (TPSA) is 42.9 Å². The highest BCUT2D eigenvalue weighted by Crippen LogP contribution is 2.20. The molecule has 0 bridgehead atoms. The van der Waals surface area contributed by atoms with Crippen LogP contribution in [-0.4, -0.2) is 15.8 Å². The second-order valence-electron chi connectivity index (χ2n) is 4.42. The van der Waals surface area contributed by atoms with Crippen molar-refractivity contribution in [2.75, 3.05) is 0 Å². The smallest absolute Gasteiger partial charge is 0.195 e. The van der Waals surface area contributed by atoms with E-state index in [4.69, 9.17) is 0 Å². The lowest BCUT2D eigenvalue weighted by Gasteiger charge is -2.05. The van der Waals surface area contributed by atoms with Gasteiger partial charge in [0.15, 0.2) is 5.78 Å². The Morgan fingerprint density at radius 2 is 1.95 bits per heavy atom. The average molecular weight is 248 g/mol. The molecular formula is C16H12N2O. The molecule has 0 aliphatic rings. The van der Waals surface area contributed by atoms with Gasteiger partial charge in [-0.3, -0.25) is 14.8 Å². The maximum absolute atomic E-state index is 12.5. The molecule has 0 atom stereocenters. The molecule has 0 fully saturated rings. The van der Waals surface area contributed by atoms with E-state index in [1.807, 2.05) is 37.3 Å². The second kappa shape index (κ2) is 4.61. The molecule has 0 aliphatic carbocycles. The van der Waals surface area contributed by atoms with Crippen LogP contribution in [-0.2, 0) is 0 Å². The first-order valence-electron chi connectivity index (χ1n) is 6.06. The van der Waals surface area contributed by atoms with Crippen LogP contribution in [0.3, 0.4) is 0 Å². The molecule has 1 aromatic carbocycles. The van der Waals surface area contributed by atoms with Crippen LogP contribution in [0.5, 0.6) is 0 Å². The molecule has 0 radical (unpaired) electrons. The van der Waals surface area contributed by atoms with E-state index in [1.54, 1.807) is 24.7 Å². The SMILES string of the molecule is Cc1ccc(C(=O)c2cccc3ccncc23)cn1. The van der Waals surface area contributed by atoms with Crippen molar-refractivity contribution < 1.29 is 4.79 Å². The number of aromatic nitrogens is 2. The summed E-state index contributed by atoms with van der Waals surface area (Å²) in [7, 11) is 0. The van der Waals surface area contributed by atoms with Crippen molar-refractivity contribution in [1.82, 2.24) is 9.97 Å². The van der Waals surface area contributed by atoms with Crippen LogP contribution in [0.2, 0.25) is 0 Å². The number of nitrogens with zero attached hydrogens (tertiary/aromatic N) is 2. The molecule has 0 N–H and O–H groups in total. The Kier molecular flexibility index (Phi) is 2.80. The van der Waals surface area contributed by atoms with E-state index in [0.717, 1.165) is 16.5 Å². The summed E-state index contributed by atoms with van der Waals surface area (Å²) in [5.74, 6) is -0.0221. The third-order valence-corrected chi connectivity index (χ3v) is 3.10. The van der Waals surface area contributed by atoms with Gasteiger partial charge in [-0.25, -0.2) is 0 Å². The molecule has 3 heteroatoms. The summed E-state index contributed by atoms with van der Waals surface area (Å²) in [5.41, 5.74) is 2.16. The fourth-order valence-corrected chi connectivity index (χ4v) is 2.07. The molecule has 2 heterocycles. The van der Waals surface area contributed by atoms with Crippen molar-refractivity contribution in [1.29, 1.82) is 0 Å². The molecule has 0 unspecified atom stereocenters. The Morgan fingerprint density at radius 1 is 1.05 bits per heavy atom. The van der Waals surface area contributed by atoms with E-state index >= 15 is 0 Å². The molecule has 92 valence electrons. The zero-order valence-electron chi connectivity index (χ0n) is 10.5. The second-order valence-corrected chi connectivity index (χ2v) is 4.42. The number of carbonyl (C=O) groups is 1. The van der Waals surface area contributed by atoms with Gasteiger partial charge < -0.3 is 0 Å². The Morgan fingerprint density at radius 3 is 2.74 bits per heavy atom. The van der Waals surface area contributed by atoms with E-state index in [0.29, 0.717) is 11.1 Å². The van der Waals surface area contributed by atoms with Crippen molar-refractivity contribution >= 4 is 16.6 Å². The molecule has 2 aromatic heterocycles. The first kappa shape index (κ1) is 11.5. The van der Waals surface area contributed by atoms with Crippen molar-refractivity contribution in [2.24, 2.45) is 0 Å². The van der Waals surface area contributed by atoms with Gasteiger partial charge in [0.25, 0.3) is 0 Å². The van der Waals surface area contributed by atoms with Crippen LogP contribution in [0, 0.1) is 6.92 Å². The van der Waals surface area contributed by atoms with Gasteiger partial charge in [0.05, 0.1) is 0 Å². The van der Waals surface area contributed by atoms with Gasteiger partial charge in [-0.15, -0.1) is 0 Å². The number of benzene rings is 1. The lowest BCUT2D eigenvalue weighted by molar-refractivity contribution is 0.104. The van der Waals surface area contributed by atoms with Crippen LogP contribution in [0.1, 0.15) is 21.6 Å². The van der Waals surface area contributed by atoms with Gasteiger partial charge in [-0.1, -0.05) is 18.2 Å². The maximum atomic E-state index is 12.5. The number of hydrogen-bond donors (Lipinski definition) is 0. The summed E-state index contributed by atoms with van der Waals surface area (Å²) in [6.07, 6.45) is 5.07. The Balaban J connectivity index is 2.14. The number of carbonyl (C=O) groups excluding carboxylic acids is 1. The van der Waals surface area contributed by atoms with Crippen LogP contribution < -0.4 is 0 Å². The minimum Gasteiger partial charge on any atom is -0.289 e. The number of rotatable bonds is 2. The summed E-state index contributed by atoms with van der Waals surface area (Å²) >= 11 is 0. The van der Waals surface area contributed by atoms with Crippen LogP contribution in [0.25, 0.3) is 10.8 Å². The van der Waals surface area contributed by atoms with Gasteiger partial charge in [0, 0.05) is 40.8 Å². The lowest BCUT2D eigenvalue weighted by atomic mass is 9.99. The summed E-state index contributed by atoms with van der Waals surface area (Å²) in [5, 5.41) is 1.89. The zero-order valence-corrected chi connectivity index (χ0v) is 10.5. The summed E-state index contributed by atoms with van der Waals surface area (Å²) < 4.78 is 0. The number of fused-ring (bicyclic) bond motifs is 1. The largest absolute Gasteiger partial charge is 0.289 e. The summed E-state index contributed by atoms with van der Waals surface area (Å²) in [4.78, 5) is 20.8. The van der Waals surface area contributed by atoms with Gasteiger partial charge in [-0.2, -0.15) is 0 Å². The van der Waals surface area contributed by atoms with Gasteiger partial charge in [0.1, 0.15) is 0 Å². The third kappa shape index (κ3) is 2.10. The maximum Gasteiger partial charge on any atom is 0.195 e. The molecule has 0 amide bonds. The van der Waals surface area contributed by atoms with Crippen molar-refractivity contribution in [3.05, 3.63) is 71.8 Å². The highest BCUT2D eigenvalue weighted by Gasteiger charge is 2.12. The first-order chi connectivity index (χ1) is 9.25. The standard InChI is InChI=1S/C16H12N2O/c1-11-5-6-13(9-18-11)16(19)14-4-2-3-12-7-8-17-10-15(12)14/h2-10H,1H3. The third-order valence-electron chi connectivity index (χ3n) is 3.10. The number of pyridine rings is 2. The summed E-state index contributed by atoms with van der Waals surface area (Å²) in [6.45, 7) is 1.90. The fraction of sp³-hybridized carbons (Fsp3) is 0.0625. The predicted octanol–water partition coefficient (Wildman–Crippen LogP) is 3.17. The van der Waals surface area contributed by atoms with Gasteiger partial charge in [-0.05, 0) is 30.5 Å². The molecule has 0 saturated heterocycles. The van der Waals surface area contributed by atoms with Crippen molar-refractivity contribution in [3.8, 4) is 0 Å². The predicted molar refractivity (Wildman–Crippen MR) is 74.1 cm³/mol. The van der Waals surface area contributed by atoms with Gasteiger partial charge >= 0.3 is 0 Å². The number of aryl methyl sites for hydroxylation is 1. The normalized spacial score (nSPS) is 10.6. The van der Waals surface area contributed by atoms with Crippen LogP contribution >= 0.6 is 0 Å². The molecule has 0 saturated carbocycles. The summed E-state index contributed by atoms with van der Waals surface area (Å²) in [6, 6.07) is 11.2. The van der Waals surface area contributed by atoms with E-state index < -0.39 is 0 Å². The first-order valence-corrected chi connectivity index (χ1v) is 6.06. The Bertz CT molecular complexity index is 743. The van der Waals surface area contributed by atoms with E-state index in [1.165, 1.54) is 0 Å². The molecule has 0 aliphatic heterocycles. The Labute approximate surface area is 111 Å². The van der Waals surface area contributed by atoms with Crippen LogP contribution in [0.4, 0.5) is 0 Å². The Hall–Kier alpha value is -2.55. The van der Waals surface area contributed by atoms with Crippen molar-refractivity contribution in [2.45, 2.75) is 6.92 Å². The fourth-order valence-electron chi connectivity index (χ4n) is 2.07.